The van der Waals surface area contributed by atoms with Crippen LogP contribution in [-0.2, 0) is 6.42 Å². The van der Waals surface area contributed by atoms with Gasteiger partial charge in [0.25, 0.3) is 11.8 Å². The Hall–Kier alpha value is -1.80. The van der Waals surface area contributed by atoms with Gasteiger partial charge in [-0.25, -0.2) is 8.70 Å². The Kier molecular flexibility index (Phi) is 4.96. The van der Waals surface area contributed by atoms with E-state index in [-0.39, 0.29) is 23.4 Å². The number of carbonyl (C=O) groups is 2. The highest BCUT2D eigenvalue weighted by molar-refractivity contribution is 7.96. The summed E-state index contributed by atoms with van der Waals surface area (Å²) >= 11 is 1.64. The van der Waals surface area contributed by atoms with Gasteiger partial charge in [0.15, 0.2) is 0 Å². The number of amides is 2. The number of halogens is 1. The van der Waals surface area contributed by atoms with E-state index < -0.39 is 12.8 Å². The van der Waals surface area contributed by atoms with Crippen molar-refractivity contribution in [2.75, 3.05) is 33.1 Å². The van der Waals surface area contributed by atoms with Crippen LogP contribution >= 0.6 is 11.9 Å². The highest BCUT2D eigenvalue weighted by Crippen LogP contribution is 2.34. The smallest absolute Gasteiger partial charge is 0.254 e. The van der Waals surface area contributed by atoms with Crippen LogP contribution in [0.15, 0.2) is 12.1 Å². The second-order valence-electron chi connectivity index (χ2n) is 5.89. The van der Waals surface area contributed by atoms with Crippen LogP contribution in [0.4, 0.5) is 4.39 Å². The fourth-order valence-electron chi connectivity index (χ4n) is 2.90. The van der Waals surface area contributed by atoms with E-state index >= 15 is 0 Å². The Morgan fingerprint density at radius 2 is 2.12 bits per heavy atom. The molecule has 24 heavy (non-hydrogen) atoms. The zero-order valence-corrected chi connectivity index (χ0v) is 14.4. The lowest BCUT2D eigenvalue weighted by atomic mass is 10.0. The maximum Gasteiger partial charge on any atom is 0.254 e. The number of hydrogen-bond donors (Lipinski definition) is 2. The second-order valence-corrected chi connectivity index (χ2v) is 6.77. The molecule has 0 bridgehead atoms. The van der Waals surface area contributed by atoms with Gasteiger partial charge in [0.2, 0.25) is 0 Å². The minimum absolute atomic E-state index is 0.108. The average molecular weight is 353 g/mol. The average Bonchev–Trinajstić information content (AvgIpc) is 2.98. The summed E-state index contributed by atoms with van der Waals surface area (Å²) in [5.74, 6) is -0.194. The predicted molar refractivity (Wildman–Crippen MR) is 90.3 cm³/mol. The predicted octanol–water partition coefficient (Wildman–Crippen LogP) is 1.01. The molecular formula is C16H20FN3O3S. The largest absolute Gasteiger partial charge is 0.486 e. The van der Waals surface area contributed by atoms with Crippen LogP contribution in [-0.4, -0.2) is 61.3 Å². The van der Waals surface area contributed by atoms with Crippen LogP contribution in [0.3, 0.4) is 0 Å². The molecule has 2 N–H and O–H groups in total. The van der Waals surface area contributed by atoms with Crippen LogP contribution in [0, 0.1) is 0 Å². The summed E-state index contributed by atoms with van der Waals surface area (Å²) in [6, 6.07) is 3.31. The van der Waals surface area contributed by atoms with Crippen molar-refractivity contribution in [3.05, 3.63) is 28.8 Å². The first-order chi connectivity index (χ1) is 11.5. The molecule has 1 unspecified atom stereocenters. The van der Waals surface area contributed by atoms with Crippen molar-refractivity contribution in [3.8, 4) is 5.75 Å². The van der Waals surface area contributed by atoms with E-state index in [1.54, 1.807) is 18.0 Å². The Morgan fingerprint density at radius 3 is 2.75 bits per heavy atom. The summed E-state index contributed by atoms with van der Waals surface area (Å²) in [6.45, 7) is 0.969. The summed E-state index contributed by atoms with van der Waals surface area (Å²) in [5.41, 5.74) is 1.37. The van der Waals surface area contributed by atoms with E-state index in [0.29, 0.717) is 23.3 Å². The third-order valence-electron chi connectivity index (χ3n) is 4.25. The molecule has 1 fully saturated rings. The molecule has 1 atom stereocenters. The third kappa shape index (κ3) is 3.21. The molecule has 2 heterocycles. The second kappa shape index (κ2) is 6.98. The Balaban J connectivity index is 1.81. The molecule has 0 saturated carbocycles. The van der Waals surface area contributed by atoms with Gasteiger partial charge in [-0.1, -0.05) is 11.9 Å². The molecule has 3 rings (SSSR count). The van der Waals surface area contributed by atoms with Gasteiger partial charge >= 0.3 is 0 Å². The molecule has 130 valence electrons. The van der Waals surface area contributed by atoms with E-state index in [0.717, 1.165) is 13.1 Å². The number of alkyl halides is 1. The van der Waals surface area contributed by atoms with Gasteiger partial charge in [-0.05, 0) is 24.0 Å². The van der Waals surface area contributed by atoms with Crippen molar-refractivity contribution in [1.82, 2.24) is 14.9 Å². The maximum absolute atomic E-state index is 12.9. The monoisotopic (exact) mass is 353 g/mol. The molecule has 0 radical (unpaired) electrons. The number of rotatable bonds is 5. The van der Waals surface area contributed by atoms with Gasteiger partial charge in [0.05, 0.1) is 11.6 Å². The van der Waals surface area contributed by atoms with Gasteiger partial charge in [0.1, 0.15) is 18.5 Å². The molecule has 2 aliphatic heterocycles. The zero-order valence-electron chi connectivity index (χ0n) is 13.6. The fourth-order valence-corrected chi connectivity index (χ4v) is 3.56. The molecule has 1 aromatic carbocycles. The van der Waals surface area contributed by atoms with Crippen molar-refractivity contribution < 1.29 is 18.7 Å². The van der Waals surface area contributed by atoms with E-state index in [4.69, 9.17) is 4.74 Å². The van der Waals surface area contributed by atoms with Gasteiger partial charge in [-0.15, -0.1) is 0 Å². The number of ether oxygens (including phenoxy) is 1. The van der Waals surface area contributed by atoms with Crippen LogP contribution in [0.25, 0.3) is 0 Å². The maximum atomic E-state index is 12.9. The minimum Gasteiger partial charge on any atom is -0.486 e. The highest BCUT2D eigenvalue weighted by Gasteiger charge is 2.31. The first kappa shape index (κ1) is 17.0. The molecule has 2 aliphatic rings. The Bertz CT molecular complexity index is 664. The van der Waals surface area contributed by atoms with Crippen LogP contribution in [0.1, 0.15) is 26.3 Å². The lowest BCUT2D eigenvalue weighted by Gasteiger charge is -2.37. The number of carbonyl (C=O) groups excluding carboxylic acids is 2. The molecule has 1 aromatic rings. The summed E-state index contributed by atoms with van der Waals surface area (Å²) in [4.78, 5) is 24.6. The number of benzene rings is 1. The molecule has 0 aromatic heterocycles. The van der Waals surface area contributed by atoms with Gasteiger partial charge in [-0.3, -0.25) is 9.59 Å². The summed E-state index contributed by atoms with van der Waals surface area (Å²) < 4.78 is 20.6. The first-order valence-electron chi connectivity index (χ1n) is 7.77. The lowest BCUT2D eigenvalue weighted by Crippen LogP contribution is -2.56. The minimum atomic E-state index is -0.629. The quantitative estimate of drug-likeness (QED) is 0.773. The van der Waals surface area contributed by atoms with Gasteiger partial charge in [-0.2, -0.15) is 0 Å². The molecule has 1 saturated heterocycles. The summed E-state index contributed by atoms with van der Waals surface area (Å²) in [6.07, 6.45) is 1.76. The molecular weight excluding hydrogens is 333 g/mol. The zero-order chi connectivity index (χ0) is 17.3. The molecule has 8 heteroatoms. The molecule has 0 aliphatic carbocycles. The normalized spacial score (nSPS) is 20.0. The van der Waals surface area contributed by atoms with Crippen LogP contribution in [0.5, 0.6) is 5.75 Å². The van der Waals surface area contributed by atoms with Gasteiger partial charge in [0, 0.05) is 32.1 Å². The van der Waals surface area contributed by atoms with Crippen molar-refractivity contribution in [2.24, 2.45) is 0 Å². The number of nitrogens with one attached hydrogen (secondary N) is 2. The third-order valence-corrected chi connectivity index (χ3v) is 5.06. The van der Waals surface area contributed by atoms with E-state index in [1.807, 2.05) is 6.26 Å². The van der Waals surface area contributed by atoms with Crippen molar-refractivity contribution in [1.29, 1.82) is 0 Å². The van der Waals surface area contributed by atoms with Crippen LogP contribution < -0.4 is 15.4 Å². The van der Waals surface area contributed by atoms with Crippen molar-refractivity contribution in [3.63, 3.8) is 0 Å². The molecule has 6 nitrogen and oxygen atoms in total. The van der Waals surface area contributed by atoms with E-state index in [2.05, 4.69) is 14.9 Å². The lowest BCUT2D eigenvalue weighted by molar-refractivity contribution is 0.0901. The SMILES string of the molecule is CNC(=O)c1cc(C(=O)NC2CN(SC)C2)cc2c1OC(CF)C2. The van der Waals surface area contributed by atoms with Crippen molar-refractivity contribution >= 4 is 23.8 Å². The summed E-state index contributed by atoms with van der Waals surface area (Å²) in [5, 5.41) is 5.49. The Morgan fingerprint density at radius 1 is 1.38 bits per heavy atom. The van der Waals surface area contributed by atoms with E-state index in [9.17, 15) is 14.0 Å². The molecule has 2 amide bonds. The van der Waals surface area contributed by atoms with E-state index in [1.165, 1.54) is 13.1 Å². The first-order valence-corrected chi connectivity index (χ1v) is 8.95. The van der Waals surface area contributed by atoms with Crippen LogP contribution in [0.2, 0.25) is 0 Å². The van der Waals surface area contributed by atoms with Crippen molar-refractivity contribution in [2.45, 2.75) is 18.6 Å². The number of nitrogens with zero attached hydrogens (tertiary/aromatic N) is 1. The highest BCUT2D eigenvalue weighted by atomic mass is 32.2. The summed E-state index contributed by atoms with van der Waals surface area (Å²) in [7, 11) is 1.51. The molecule has 0 spiro atoms. The Labute approximate surface area is 144 Å². The number of hydrogen-bond acceptors (Lipinski definition) is 5. The topological polar surface area (TPSA) is 70.7 Å². The van der Waals surface area contributed by atoms with Gasteiger partial charge < -0.3 is 15.4 Å². The standard InChI is InChI=1S/C16H20FN3O3S/c1-18-16(22)13-5-10(3-9-4-12(6-17)23-14(9)13)15(21)19-11-7-20(8-11)24-2/h3,5,11-12H,4,6-8H2,1-2H3,(H,18,22)(H,19,21). The fraction of sp³-hybridized carbons (Fsp3) is 0.500. The number of fused-ring (bicyclic) bond motifs is 1.